The van der Waals surface area contributed by atoms with Gasteiger partial charge in [-0.15, -0.1) is 0 Å². The van der Waals surface area contributed by atoms with Crippen molar-refractivity contribution in [3.63, 3.8) is 0 Å². The van der Waals surface area contributed by atoms with E-state index in [1.165, 1.54) is 16.7 Å². The van der Waals surface area contributed by atoms with Gasteiger partial charge in [-0.2, -0.15) is 0 Å². The molecule has 1 aromatic rings. The van der Waals surface area contributed by atoms with Crippen LogP contribution >= 0.6 is 0 Å². The second-order valence-corrected chi connectivity index (χ2v) is 5.43. The van der Waals surface area contributed by atoms with Crippen molar-refractivity contribution < 1.29 is 9.47 Å². The Hall–Kier alpha value is -0.900. The van der Waals surface area contributed by atoms with Gasteiger partial charge in [0.05, 0.1) is 25.9 Å². The van der Waals surface area contributed by atoms with Gasteiger partial charge < -0.3 is 14.8 Å². The van der Waals surface area contributed by atoms with Crippen molar-refractivity contribution in [1.29, 1.82) is 0 Å². The molecule has 3 heteroatoms. The molecule has 1 fully saturated rings. The second-order valence-electron chi connectivity index (χ2n) is 5.43. The van der Waals surface area contributed by atoms with Crippen LogP contribution in [0, 0.1) is 5.92 Å². The summed E-state index contributed by atoms with van der Waals surface area (Å²) in [7, 11) is 2.04. The lowest BCUT2D eigenvalue weighted by atomic mass is 9.89. The van der Waals surface area contributed by atoms with Gasteiger partial charge in [-0.1, -0.05) is 18.2 Å². The van der Waals surface area contributed by atoms with E-state index in [1.807, 2.05) is 7.05 Å². The van der Waals surface area contributed by atoms with E-state index in [0.29, 0.717) is 18.1 Å². The summed E-state index contributed by atoms with van der Waals surface area (Å²) in [6.45, 7) is 4.55. The normalized spacial score (nSPS) is 28.3. The highest BCUT2D eigenvalue weighted by atomic mass is 16.5. The van der Waals surface area contributed by atoms with Crippen LogP contribution in [0.3, 0.4) is 0 Å². The average molecular weight is 247 g/mol. The summed E-state index contributed by atoms with van der Waals surface area (Å²) >= 11 is 0. The van der Waals surface area contributed by atoms with Gasteiger partial charge in [-0.05, 0) is 37.1 Å². The highest BCUT2D eigenvalue weighted by Crippen LogP contribution is 2.33. The molecule has 1 saturated heterocycles. The third-order valence-electron chi connectivity index (χ3n) is 4.12. The smallest absolute Gasteiger partial charge is 0.0725 e. The zero-order valence-corrected chi connectivity index (χ0v) is 11.1. The fourth-order valence-corrected chi connectivity index (χ4v) is 3.14. The molecule has 1 aromatic carbocycles. The van der Waals surface area contributed by atoms with Crippen molar-refractivity contribution in [3.05, 3.63) is 34.9 Å². The molecule has 98 valence electrons. The number of nitrogens with one attached hydrogen (secondary N) is 1. The Morgan fingerprint density at radius 3 is 2.83 bits per heavy atom. The van der Waals surface area contributed by atoms with Gasteiger partial charge in [0.25, 0.3) is 0 Å². The van der Waals surface area contributed by atoms with E-state index < -0.39 is 0 Å². The van der Waals surface area contributed by atoms with Crippen molar-refractivity contribution in [3.8, 4) is 0 Å². The molecule has 0 saturated carbocycles. The van der Waals surface area contributed by atoms with Gasteiger partial charge in [-0.3, -0.25) is 0 Å². The Balaban J connectivity index is 1.83. The average Bonchev–Trinajstić information content (AvgIpc) is 2.99. The summed E-state index contributed by atoms with van der Waals surface area (Å²) in [4.78, 5) is 0. The minimum atomic E-state index is 0.390. The minimum Gasteiger partial charge on any atom is -0.378 e. The first kappa shape index (κ1) is 12.2. The van der Waals surface area contributed by atoms with Crippen molar-refractivity contribution >= 4 is 0 Å². The van der Waals surface area contributed by atoms with Crippen LogP contribution < -0.4 is 5.32 Å². The number of fused-ring (bicyclic) bond motifs is 1. The molecular weight excluding hydrogens is 226 g/mol. The van der Waals surface area contributed by atoms with Crippen LogP contribution in [0.4, 0.5) is 0 Å². The first-order valence-corrected chi connectivity index (χ1v) is 6.76. The maximum absolute atomic E-state index is 5.70. The van der Waals surface area contributed by atoms with E-state index in [2.05, 4.69) is 30.4 Å². The number of benzene rings is 1. The third-order valence-corrected chi connectivity index (χ3v) is 4.12. The van der Waals surface area contributed by atoms with Crippen LogP contribution in [-0.4, -0.2) is 19.8 Å². The van der Waals surface area contributed by atoms with E-state index in [1.54, 1.807) is 0 Å². The molecule has 0 aliphatic carbocycles. The van der Waals surface area contributed by atoms with Gasteiger partial charge in [0.2, 0.25) is 0 Å². The van der Waals surface area contributed by atoms with E-state index in [0.717, 1.165) is 26.2 Å². The van der Waals surface area contributed by atoms with Gasteiger partial charge >= 0.3 is 0 Å². The molecule has 0 aromatic heterocycles. The fraction of sp³-hybridized carbons (Fsp3) is 0.600. The molecule has 0 spiro atoms. The van der Waals surface area contributed by atoms with Gasteiger partial charge in [0, 0.05) is 12.0 Å². The van der Waals surface area contributed by atoms with Crippen LogP contribution in [0.2, 0.25) is 0 Å². The second kappa shape index (κ2) is 5.00. The summed E-state index contributed by atoms with van der Waals surface area (Å²) in [5, 5.41) is 3.45. The molecule has 2 aliphatic heterocycles. The number of ether oxygens (including phenoxy) is 2. The van der Waals surface area contributed by atoms with E-state index in [4.69, 9.17) is 9.47 Å². The predicted octanol–water partition coefficient (Wildman–Crippen LogP) is 2.40. The topological polar surface area (TPSA) is 30.5 Å². The summed E-state index contributed by atoms with van der Waals surface area (Å²) in [5.74, 6) is 0.574. The van der Waals surface area contributed by atoms with Crippen molar-refractivity contribution in [2.24, 2.45) is 5.92 Å². The van der Waals surface area contributed by atoms with Crippen molar-refractivity contribution in [2.75, 3.05) is 13.7 Å². The first-order chi connectivity index (χ1) is 8.78. The van der Waals surface area contributed by atoms with Gasteiger partial charge in [0.1, 0.15) is 0 Å². The quantitative estimate of drug-likeness (QED) is 0.889. The Bertz CT molecular complexity index is 433. The lowest BCUT2D eigenvalue weighted by molar-refractivity contribution is 0.117. The fourth-order valence-electron chi connectivity index (χ4n) is 3.14. The van der Waals surface area contributed by atoms with E-state index in [-0.39, 0.29) is 0 Å². The zero-order valence-electron chi connectivity index (χ0n) is 11.1. The molecule has 2 heterocycles. The molecule has 0 amide bonds. The standard InChI is InChI=1S/C15H21NO2/c1-10-5-14(9-18-10)15(16-2)11-3-4-12-7-17-8-13(12)6-11/h3-4,6,10,14-16H,5,7-9H2,1-2H3. The van der Waals surface area contributed by atoms with Gasteiger partial charge in [-0.25, -0.2) is 0 Å². The number of hydrogen-bond acceptors (Lipinski definition) is 3. The Morgan fingerprint density at radius 2 is 2.11 bits per heavy atom. The third kappa shape index (κ3) is 2.18. The SMILES string of the molecule is CNC(c1ccc2c(c1)COC2)C1COC(C)C1. The maximum atomic E-state index is 5.70. The zero-order chi connectivity index (χ0) is 12.5. The monoisotopic (exact) mass is 247 g/mol. The van der Waals surface area contributed by atoms with Crippen LogP contribution in [0.1, 0.15) is 36.1 Å². The van der Waals surface area contributed by atoms with Gasteiger partial charge in [0.15, 0.2) is 0 Å². The molecule has 0 radical (unpaired) electrons. The lowest BCUT2D eigenvalue weighted by Gasteiger charge is -2.23. The maximum Gasteiger partial charge on any atom is 0.0725 e. The summed E-state index contributed by atoms with van der Waals surface area (Å²) < 4.78 is 11.2. The summed E-state index contributed by atoms with van der Waals surface area (Å²) in [5.41, 5.74) is 4.05. The lowest BCUT2D eigenvalue weighted by Crippen LogP contribution is -2.25. The number of hydrogen-bond donors (Lipinski definition) is 1. The van der Waals surface area contributed by atoms with Crippen molar-refractivity contribution in [1.82, 2.24) is 5.32 Å². The molecule has 3 nitrogen and oxygen atoms in total. The van der Waals surface area contributed by atoms with E-state index >= 15 is 0 Å². The highest BCUT2D eigenvalue weighted by molar-refractivity contribution is 5.35. The van der Waals surface area contributed by atoms with Crippen LogP contribution in [-0.2, 0) is 22.7 Å². The molecule has 3 atom stereocenters. The van der Waals surface area contributed by atoms with Crippen LogP contribution in [0.5, 0.6) is 0 Å². The Morgan fingerprint density at radius 1 is 1.28 bits per heavy atom. The Labute approximate surface area is 108 Å². The molecule has 2 aliphatic rings. The Kier molecular flexibility index (Phi) is 3.37. The highest BCUT2D eigenvalue weighted by Gasteiger charge is 2.30. The molecular formula is C15H21NO2. The van der Waals surface area contributed by atoms with Crippen LogP contribution in [0.25, 0.3) is 0 Å². The molecule has 1 N–H and O–H groups in total. The molecule has 3 unspecified atom stereocenters. The number of rotatable bonds is 3. The first-order valence-electron chi connectivity index (χ1n) is 6.76. The molecule has 3 rings (SSSR count). The van der Waals surface area contributed by atoms with Crippen LogP contribution in [0.15, 0.2) is 18.2 Å². The van der Waals surface area contributed by atoms with E-state index in [9.17, 15) is 0 Å². The molecule has 18 heavy (non-hydrogen) atoms. The predicted molar refractivity (Wildman–Crippen MR) is 70.3 cm³/mol. The summed E-state index contributed by atoms with van der Waals surface area (Å²) in [6.07, 6.45) is 1.53. The largest absolute Gasteiger partial charge is 0.378 e. The summed E-state index contributed by atoms with van der Waals surface area (Å²) in [6, 6.07) is 7.13. The minimum absolute atomic E-state index is 0.390. The van der Waals surface area contributed by atoms with Crippen molar-refractivity contribution in [2.45, 2.75) is 38.7 Å². The molecule has 0 bridgehead atoms.